The zero-order valence-corrected chi connectivity index (χ0v) is 21.3. The molecule has 0 bridgehead atoms. The maximum Gasteiger partial charge on any atom is 0.227 e. The highest BCUT2D eigenvalue weighted by Crippen LogP contribution is 2.37. The smallest absolute Gasteiger partial charge is 0.227 e. The molecule has 7 nitrogen and oxygen atoms in total. The van der Waals surface area contributed by atoms with Crippen LogP contribution in [0.3, 0.4) is 0 Å². The number of nitrogens with zero attached hydrogens (tertiary/aromatic N) is 3. The van der Waals surface area contributed by atoms with Crippen LogP contribution in [0.1, 0.15) is 31.0 Å². The summed E-state index contributed by atoms with van der Waals surface area (Å²) in [6.07, 6.45) is 4.33. The molecule has 1 fully saturated rings. The first-order valence-corrected chi connectivity index (χ1v) is 12.7. The zero-order chi connectivity index (χ0) is 25.3. The summed E-state index contributed by atoms with van der Waals surface area (Å²) < 4.78 is 19.5. The minimum Gasteiger partial charge on any atom is -0.493 e. The van der Waals surface area contributed by atoms with Crippen LogP contribution in [0.25, 0.3) is 5.69 Å². The largest absolute Gasteiger partial charge is 0.493 e. The Morgan fingerprint density at radius 2 is 1.86 bits per heavy atom. The Kier molecular flexibility index (Phi) is 9.17. The molecule has 192 valence electrons. The molecule has 3 aromatic rings. The predicted molar refractivity (Wildman–Crippen MR) is 141 cm³/mol. The highest BCUT2D eigenvalue weighted by atomic mass is 16.5. The van der Waals surface area contributed by atoms with Crippen LogP contribution in [-0.4, -0.2) is 59.3 Å². The standard InChI is InChI=1S/C29H37N3O4/c1-4-17-35-21-24(33)19-31(18-22-15-16-22)20-25-26(5-2)30-32(23-11-7-6-8-12-23)29(25)36-28-14-10-9-13-27(28)34-3/h4,6-14,22,24,33H,1,5,15-21H2,2-3H3/t24-/m1/s1. The third-order valence-electron chi connectivity index (χ3n) is 6.24. The minimum absolute atomic E-state index is 0.279. The molecule has 0 aliphatic heterocycles. The second kappa shape index (κ2) is 12.7. The van der Waals surface area contributed by atoms with Gasteiger partial charge in [0.15, 0.2) is 11.5 Å². The van der Waals surface area contributed by atoms with Gasteiger partial charge in [0.1, 0.15) is 0 Å². The molecule has 7 heteroatoms. The lowest BCUT2D eigenvalue weighted by atomic mass is 10.1. The Bertz CT molecular complexity index is 1110. The lowest BCUT2D eigenvalue weighted by Crippen LogP contribution is -2.36. The molecule has 1 saturated carbocycles. The van der Waals surface area contributed by atoms with Crippen LogP contribution in [-0.2, 0) is 17.7 Å². The van der Waals surface area contributed by atoms with E-state index in [9.17, 15) is 5.11 Å². The van der Waals surface area contributed by atoms with Gasteiger partial charge in [-0.1, -0.05) is 43.3 Å². The predicted octanol–water partition coefficient (Wildman–Crippen LogP) is 5.01. The van der Waals surface area contributed by atoms with E-state index in [2.05, 4.69) is 18.4 Å². The average Bonchev–Trinajstić information content (AvgIpc) is 3.65. The summed E-state index contributed by atoms with van der Waals surface area (Å²) in [5, 5.41) is 15.6. The van der Waals surface area contributed by atoms with Gasteiger partial charge < -0.3 is 19.3 Å². The third kappa shape index (κ3) is 6.75. The summed E-state index contributed by atoms with van der Waals surface area (Å²) in [4.78, 5) is 2.31. The molecule has 0 amide bonds. The van der Waals surface area contributed by atoms with E-state index < -0.39 is 6.10 Å². The van der Waals surface area contributed by atoms with Crippen molar-refractivity contribution in [3.63, 3.8) is 0 Å². The van der Waals surface area contributed by atoms with Crippen LogP contribution in [0.5, 0.6) is 17.4 Å². The molecule has 0 radical (unpaired) electrons. The van der Waals surface area contributed by atoms with Gasteiger partial charge in [0, 0.05) is 19.6 Å². The second-order valence-electron chi connectivity index (χ2n) is 9.20. The van der Waals surface area contributed by atoms with Gasteiger partial charge in [-0.3, -0.25) is 4.90 Å². The van der Waals surface area contributed by atoms with E-state index in [-0.39, 0.29) is 6.61 Å². The summed E-state index contributed by atoms with van der Waals surface area (Å²) in [7, 11) is 1.64. The van der Waals surface area contributed by atoms with Gasteiger partial charge in [-0.15, -0.1) is 6.58 Å². The van der Waals surface area contributed by atoms with E-state index in [4.69, 9.17) is 19.3 Å². The van der Waals surface area contributed by atoms with Gasteiger partial charge in [-0.25, -0.2) is 4.68 Å². The third-order valence-corrected chi connectivity index (χ3v) is 6.24. The highest BCUT2D eigenvalue weighted by Gasteiger charge is 2.29. The van der Waals surface area contributed by atoms with E-state index in [0.717, 1.165) is 29.9 Å². The fourth-order valence-corrected chi connectivity index (χ4v) is 4.31. The Morgan fingerprint density at radius 1 is 1.14 bits per heavy atom. The topological polar surface area (TPSA) is 69.0 Å². The average molecular weight is 492 g/mol. The number of aromatic nitrogens is 2. The van der Waals surface area contributed by atoms with Crippen molar-refractivity contribution in [1.82, 2.24) is 14.7 Å². The van der Waals surface area contributed by atoms with Gasteiger partial charge in [0.25, 0.3) is 0 Å². The van der Waals surface area contributed by atoms with Crippen LogP contribution in [0.4, 0.5) is 0 Å². The van der Waals surface area contributed by atoms with Gasteiger partial charge in [-0.05, 0) is 49.4 Å². The number of aliphatic hydroxyl groups is 1. The van der Waals surface area contributed by atoms with Crippen molar-refractivity contribution in [2.45, 2.75) is 38.8 Å². The van der Waals surface area contributed by atoms with Crippen molar-refractivity contribution in [2.75, 3.05) is 33.4 Å². The molecule has 4 rings (SSSR count). The van der Waals surface area contributed by atoms with E-state index >= 15 is 0 Å². The minimum atomic E-state index is -0.587. The van der Waals surface area contributed by atoms with Gasteiger partial charge in [0.05, 0.1) is 43.4 Å². The van der Waals surface area contributed by atoms with Crippen LogP contribution >= 0.6 is 0 Å². The number of hydrogen-bond donors (Lipinski definition) is 1. The van der Waals surface area contributed by atoms with E-state index in [1.165, 1.54) is 12.8 Å². The maximum absolute atomic E-state index is 10.7. The van der Waals surface area contributed by atoms with Gasteiger partial charge in [0.2, 0.25) is 5.88 Å². The van der Waals surface area contributed by atoms with Crippen molar-refractivity contribution in [1.29, 1.82) is 0 Å². The molecule has 0 saturated heterocycles. The molecule has 1 heterocycles. The first-order chi connectivity index (χ1) is 17.6. The normalized spacial score (nSPS) is 14.1. The molecule has 1 aliphatic rings. The lowest BCUT2D eigenvalue weighted by Gasteiger charge is -2.25. The molecule has 1 aromatic heterocycles. The molecular formula is C29H37N3O4. The number of aliphatic hydroxyl groups excluding tert-OH is 1. The van der Waals surface area contributed by atoms with Crippen LogP contribution in [0, 0.1) is 5.92 Å². The van der Waals surface area contributed by atoms with Crippen molar-refractivity contribution < 1.29 is 19.3 Å². The Balaban J connectivity index is 1.69. The highest BCUT2D eigenvalue weighted by molar-refractivity contribution is 5.47. The molecule has 1 aliphatic carbocycles. The van der Waals surface area contributed by atoms with Crippen molar-refractivity contribution in [3.8, 4) is 23.1 Å². The summed E-state index contributed by atoms with van der Waals surface area (Å²) in [5.74, 6) is 2.62. The van der Waals surface area contributed by atoms with Crippen LogP contribution in [0.15, 0.2) is 67.3 Å². The fourth-order valence-electron chi connectivity index (χ4n) is 4.31. The van der Waals surface area contributed by atoms with Crippen LogP contribution < -0.4 is 9.47 Å². The SMILES string of the molecule is C=CCOC[C@H](O)CN(Cc1c(CC)nn(-c2ccccc2)c1Oc1ccccc1OC)CC1CC1. The van der Waals surface area contributed by atoms with E-state index in [1.54, 1.807) is 13.2 Å². The number of para-hydroxylation sites is 3. The molecule has 1 atom stereocenters. The number of aryl methyl sites for hydroxylation is 1. The molecule has 2 aromatic carbocycles. The Labute approximate surface area is 213 Å². The zero-order valence-electron chi connectivity index (χ0n) is 21.3. The summed E-state index contributed by atoms with van der Waals surface area (Å²) >= 11 is 0. The quantitative estimate of drug-likeness (QED) is 0.238. The van der Waals surface area contributed by atoms with Crippen molar-refractivity contribution in [3.05, 3.63) is 78.5 Å². The second-order valence-corrected chi connectivity index (χ2v) is 9.20. The molecule has 0 unspecified atom stereocenters. The number of benzene rings is 2. The number of rotatable bonds is 15. The van der Waals surface area contributed by atoms with Gasteiger partial charge >= 0.3 is 0 Å². The molecule has 36 heavy (non-hydrogen) atoms. The maximum atomic E-state index is 10.7. The van der Waals surface area contributed by atoms with E-state index in [0.29, 0.717) is 43.0 Å². The lowest BCUT2D eigenvalue weighted by molar-refractivity contribution is 0.0235. The van der Waals surface area contributed by atoms with Crippen LogP contribution in [0.2, 0.25) is 0 Å². The summed E-state index contributed by atoms with van der Waals surface area (Å²) in [5.41, 5.74) is 2.92. The molecular weight excluding hydrogens is 454 g/mol. The summed E-state index contributed by atoms with van der Waals surface area (Å²) in [6, 6.07) is 17.7. The fraction of sp³-hybridized carbons (Fsp3) is 0.414. The van der Waals surface area contributed by atoms with Crippen molar-refractivity contribution in [2.24, 2.45) is 5.92 Å². The number of ether oxygens (including phenoxy) is 3. The summed E-state index contributed by atoms with van der Waals surface area (Å²) in [6.45, 7) is 8.55. The Morgan fingerprint density at radius 3 is 2.53 bits per heavy atom. The first-order valence-electron chi connectivity index (χ1n) is 12.7. The molecule has 1 N–H and O–H groups in total. The van der Waals surface area contributed by atoms with E-state index in [1.807, 2.05) is 59.3 Å². The van der Waals surface area contributed by atoms with Gasteiger partial charge in [-0.2, -0.15) is 5.10 Å². The number of methoxy groups -OCH3 is 1. The Hall–Kier alpha value is -3.13. The molecule has 0 spiro atoms. The van der Waals surface area contributed by atoms with Crippen molar-refractivity contribution >= 4 is 0 Å². The monoisotopic (exact) mass is 491 g/mol. The number of hydrogen-bond acceptors (Lipinski definition) is 6. The first kappa shape index (κ1) is 25.9.